The maximum absolute atomic E-state index is 4.02. The molecule has 0 atom stereocenters. The lowest BCUT2D eigenvalue weighted by Crippen LogP contribution is -1.93. The summed E-state index contributed by atoms with van der Waals surface area (Å²) in [5, 5.41) is 6.09. The van der Waals surface area contributed by atoms with Gasteiger partial charge in [-0.05, 0) is 62.9 Å². The molecule has 5 aromatic carbocycles. The third-order valence-corrected chi connectivity index (χ3v) is 5.61. The molecule has 0 saturated carbocycles. The quantitative estimate of drug-likeness (QED) is 0.313. The molecule has 1 N–H and O–H groups in total. The molecule has 0 unspecified atom stereocenters. The first-order valence-corrected chi connectivity index (χ1v) is 10.5. The zero-order valence-electron chi connectivity index (χ0n) is 17.3. The van der Waals surface area contributed by atoms with Crippen LogP contribution in [0.5, 0.6) is 0 Å². The third kappa shape index (κ3) is 3.86. The van der Waals surface area contributed by atoms with E-state index in [2.05, 4.69) is 121 Å². The van der Waals surface area contributed by atoms with E-state index < -0.39 is 0 Å². The zero-order chi connectivity index (χ0) is 21.0. The zero-order valence-corrected chi connectivity index (χ0v) is 17.3. The van der Waals surface area contributed by atoms with Gasteiger partial charge in [0.2, 0.25) is 0 Å². The molecule has 0 amide bonds. The normalized spacial score (nSPS) is 10.7. The van der Waals surface area contributed by atoms with Gasteiger partial charge >= 0.3 is 0 Å². The van der Waals surface area contributed by atoms with Gasteiger partial charge in [0.15, 0.2) is 0 Å². The van der Waals surface area contributed by atoms with Crippen molar-refractivity contribution in [1.29, 1.82) is 0 Å². The first-order valence-electron chi connectivity index (χ1n) is 10.5. The van der Waals surface area contributed by atoms with E-state index >= 15 is 0 Å². The van der Waals surface area contributed by atoms with E-state index in [-0.39, 0.29) is 0 Å². The second-order valence-electron chi connectivity index (χ2n) is 7.60. The van der Waals surface area contributed by atoms with Gasteiger partial charge in [-0.2, -0.15) is 0 Å². The van der Waals surface area contributed by atoms with Gasteiger partial charge in [-0.1, -0.05) is 104 Å². The van der Waals surface area contributed by atoms with Crippen LogP contribution in [0.25, 0.3) is 39.1 Å². The highest BCUT2D eigenvalue weighted by atomic mass is 14.9. The van der Waals surface area contributed by atoms with Crippen LogP contribution < -0.4 is 5.32 Å². The highest BCUT2D eigenvalue weighted by Gasteiger charge is 2.07. The molecule has 0 aliphatic heterocycles. The van der Waals surface area contributed by atoms with Crippen molar-refractivity contribution in [2.75, 3.05) is 5.32 Å². The van der Waals surface area contributed by atoms with Crippen molar-refractivity contribution in [2.45, 2.75) is 0 Å². The molecule has 0 fully saturated rings. The summed E-state index contributed by atoms with van der Waals surface area (Å²) in [6, 6.07) is 40.4. The predicted molar refractivity (Wildman–Crippen MR) is 135 cm³/mol. The molecule has 0 saturated heterocycles. The fourth-order valence-corrected chi connectivity index (χ4v) is 4.10. The standard InChI is InChI=1S/C30H23N/c1-2-22-20-27(18-19-28(22)23-10-4-3-5-11-23)31-26-15-8-14-25(21-26)30-17-9-13-24-12-6-7-16-29(24)30/h2-21,31H,1H2. The van der Waals surface area contributed by atoms with Gasteiger partial charge in [0.25, 0.3) is 0 Å². The van der Waals surface area contributed by atoms with E-state index in [1.165, 1.54) is 33.0 Å². The van der Waals surface area contributed by atoms with E-state index in [4.69, 9.17) is 0 Å². The summed E-state index contributed by atoms with van der Waals surface area (Å²) in [5.41, 5.74) is 8.05. The molecule has 148 valence electrons. The molecule has 0 aliphatic carbocycles. The highest BCUT2D eigenvalue weighted by Crippen LogP contribution is 2.32. The number of hydrogen-bond acceptors (Lipinski definition) is 1. The van der Waals surface area contributed by atoms with Gasteiger partial charge in [0.1, 0.15) is 0 Å². The van der Waals surface area contributed by atoms with Crippen molar-refractivity contribution in [2.24, 2.45) is 0 Å². The summed E-state index contributed by atoms with van der Waals surface area (Å²) in [5.74, 6) is 0. The Bertz CT molecular complexity index is 1360. The van der Waals surface area contributed by atoms with Gasteiger partial charge in [0.05, 0.1) is 0 Å². The van der Waals surface area contributed by atoms with Gasteiger partial charge in [-0.25, -0.2) is 0 Å². The summed E-state index contributed by atoms with van der Waals surface area (Å²) in [4.78, 5) is 0. The van der Waals surface area contributed by atoms with Crippen LogP contribution in [0.2, 0.25) is 0 Å². The number of rotatable bonds is 5. The number of anilines is 2. The van der Waals surface area contributed by atoms with Crippen molar-refractivity contribution < 1.29 is 0 Å². The minimum atomic E-state index is 1.05. The van der Waals surface area contributed by atoms with Crippen LogP contribution in [0.4, 0.5) is 11.4 Å². The SMILES string of the molecule is C=Cc1cc(Nc2cccc(-c3cccc4ccccc34)c2)ccc1-c1ccccc1. The van der Waals surface area contributed by atoms with Crippen molar-refractivity contribution in [1.82, 2.24) is 0 Å². The van der Waals surface area contributed by atoms with Crippen molar-refractivity contribution in [3.63, 3.8) is 0 Å². The topological polar surface area (TPSA) is 12.0 Å². The summed E-state index contributed by atoms with van der Waals surface area (Å²) < 4.78 is 0. The largest absolute Gasteiger partial charge is 0.355 e. The molecule has 5 aromatic rings. The van der Waals surface area contributed by atoms with Crippen LogP contribution in [0.1, 0.15) is 5.56 Å². The third-order valence-electron chi connectivity index (χ3n) is 5.61. The Morgan fingerprint density at radius 3 is 2.13 bits per heavy atom. The first kappa shape index (κ1) is 18.9. The number of hydrogen-bond donors (Lipinski definition) is 1. The molecule has 1 nitrogen and oxygen atoms in total. The molecule has 0 radical (unpaired) electrons. The second kappa shape index (κ2) is 8.33. The predicted octanol–water partition coefficient (Wildman–Crippen LogP) is 8.56. The molecule has 0 heterocycles. The van der Waals surface area contributed by atoms with Crippen LogP contribution in [-0.4, -0.2) is 0 Å². The van der Waals surface area contributed by atoms with Gasteiger partial charge in [-0.15, -0.1) is 0 Å². The van der Waals surface area contributed by atoms with Crippen LogP contribution in [0.15, 0.2) is 122 Å². The smallest absolute Gasteiger partial charge is 0.0390 e. The van der Waals surface area contributed by atoms with Crippen LogP contribution in [-0.2, 0) is 0 Å². The molecule has 5 rings (SSSR count). The van der Waals surface area contributed by atoms with Crippen molar-refractivity contribution >= 4 is 28.2 Å². The first-order chi connectivity index (χ1) is 15.3. The van der Waals surface area contributed by atoms with Crippen LogP contribution in [0, 0.1) is 0 Å². The molecular formula is C30H23N. The molecular weight excluding hydrogens is 374 g/mol. The summed E-state index contributed by atoms with van der Waals surface area (Å²) in [6.07, 6.45) is 1.92. The lowest BCUT2D eigenvalue weighted by Gasteiger charge is -2.13. The van der Waals surface area contributed by atoms with Crippen molar-refractivity contribution in [3.05, 3.63) is 127 Å². The Balaban J connectivity index is 1.48. The molecule has 0 aromatic heterocycles. The van der Waals surface area contributed by atoms with Crippen molar-refractivity contribution in [3.8, 4) is 22.3 Å². The summed E-state index contributed by atoms with van der Waals surface area (Å²) in [6.45, 7) is 4.02. The average Bonchev–Trinajstić information content (AvgIpc) is 2.84. The molecule has 0 aliphatic rings. The Morgan fingerprint density at radius 2 is 1.26 bits per heavy atom. The fraction of sp³-hybridized carbons (Fsp3) is 0. The molecule has 1 heteroatoms. The Labute approximate surface area is 183 Å². The van der Waals surface area contributed by atoms with E-state index in [0.717, 1.165) is 16.9 Å². The Kier molecular flexibility index (Phi) is 5.08. The van der Waals surface area contributed by atoms with Gasteiger partial charge in [0, 0.05) is 11.4 Å². The number of nitrogens with one attached hydrogen (secondary N) is 1. The van der Waals surface area contributed by atoms with E-state index in [9.17, 15) is 0 Å². The van der Waals surface area contributed by atoms with E-state index in [1.807, 2.05) is 12.1 Å². The Hall–Kier alpha value is -4.10. The minimum absolute atomic E-state index is 1.05. The van der Waals surface area contributed by atoms with Gasteiger partial charge in [-0.3, -0.25) is 0 Å². The monoisotopic (exact) mass is 397 g/mol. The van der Waals surface area contributed by atoms with Gasteiger partial charge < -0.3 is 5.32 Å². The lowest BCUT2D eigenvalue weighted by molar-refractivity contribution is 1.52. The number of fused-ring (bicyclic) bond motifs is 1. The Morgan fingerprint density at radius 1 is 0.548 bits per heavy atom. The maximum Gasteiger partial charge on any atom is 0.0390 e. The highest BCUT2D eigenvalue weighted by molar-refractivity contribution is 5.97. The van der Waals surface area contributed by atoms with Crippen LogP contribution in [0.3, 0.4) is 0 Å². The minimum Gasteiger partial charge on any atom is -0.355 e. The summed E-state index contributed by atoms with van der Waals surface area (Å²) in [7, 11) is 0. The molecule has 0 spiro atoms. The maximum atomic E-state index is 4.02. The van der Waals surface area contributed by atoms with Crippen LogP contribution >= 0.6 is 0 Å². The molecule has 31 heavy (non-hydrogen) atoms. The van der Waals surface area contributed by atoms with E-state index in [1.54, 1.807) is 0 Å². The number of benzene rings is 5. The lowest BCUT2D eigenvalue weighted by atomic mass is 9.97. The van der Waals surface area contributed by atoms with E-state index in [0.29, 0.717) is 0 Å². The fourth-order valence-electron chi connectivity index (χ4n) is 4.10. The second-order valence-corrected chi connectivity index (χ2v) is 7.60. The molecule has 0 bridgehead atoms. The average molecular weight is 398 g/mol. The summed E-state index contributed by atoms with van der Waals surface area (Å²) >= 11 is 0.